The first-order valence-electron chi connectivity index (χ1n) is 9.40. The quantitative estimate of drug-likeness (QED) is 0.358. The van der Waals surface area contributed by atoms with Gasteiger partial charge < -0.3 is 9.30 Å². The zero-order chi connectivity index (χ0) is 19.6. The average Bonchev–Trinajstić information content (AvgIpc) is 2.96. The summed E-state index contributed by atoms with van der Waals surface area (Å²) in [6.07, 6.45) is 3.08. The lowest BCUT2D eigenvalue weighted by Gasteiger charge is -2.24. The fourth-order valence-corrected chi connectivity index (χ4v) is 4.17. The Balaban J connectivity index is 1.96. The first-order valence-corrected chi connectivity index (χ1v) is 10.5. The van der Waals surface area contributed by atoms with Crippen LogP contribution in [0.3, 0.4) is 0 Å². The van der Waals surface area contributed by atoms with Gasteiger partial charge in [-0.3, -0.25) is 9.59 Å². The molecule has 1 aliphatic carbocycles. The van der Waals surface area contributed by atoms with Gasteiger partial charge in [-0.25, -0.2) is 4.98 Å². The van der Waals surface area contributed by atoms with Crippen LogP contribution in [0, 0.1) is 3.57 Å². The molecular formula is C21H25IN2O3. The van der Waals surface area contributed by atoms with Crippen LogP contribution < -0.4 is 0 Å². The number of aromatic nitrogens is 2. The number of ether oxygens (including phenoxy) is 1. The lowest BCUT2D eigenvalue weighted by Crippen LogP contribution is -2.20. The van der Waals surface area contributed by atoms with E-state index in [1.54, 1.807) is 0 Å². The Morgan fingerprint density at radius 2 is 2.00 bits per heavy atom. The van der Waals surface area contributed by atoms with E-state index in [1.165, 1.54) is 16.1 Å². The Kier molecular flexibility index (Phi) is 6.34. The predicted octanol–water partition coefficient (Wildman–Crippen LogP) is 4.56. The summed E-state index contributed by atoms with van der Waals surface area (Å²) in [5.74, 6) is 0.402. The van der Waals surface area contributed by atoms with Gasteiger partial charge in [0.25, 0.3) is 0 Å². The summed E-state index contributed by atoms with van der Waals surface area (Å²) in [5, 5.41) is 0. The van der Waals surface area contributed by atoms with Crippen molar-refractivity contribution in [1.29, 1.82) is 0 Å². The summed E-state index contributed by atoms with van der Waals surface area (Å²) in [6.45, 7) is 6.31. The van der Waals surface area contributed by atoms with Gasteiger partial charge in [0.05, 0.1) is 12.1 Å². The van der Waals surface area contributed by atoms with Crippen LogP contribution >= 0.6 is 22.6 Å². The van der Waals surface area contributed by atoms with E-state index in [0.29, 0.717) is 5.92 Å². The number of nitrogens with zero attached hydrogens (tertiary/aromatic N) is 2. The number of esters is 2. The third-order valence-electron chi connectivity index (χ3n) is 4.91. The first-order chi connectivity index (χ1) is 12.8. The summed E-state index contributed by atoms with van der Waals surface area (Å²) in [6, 6.07) is 8.49. The van der Waals surface area contributed by atoms with Crippen molar-refractivity contribution in [3.63, 3.8) is 0 Å². The molecule has 1 aromatic carbocycles. The van der Waals surface area contributed by atoms with Crippen LogP contribution in [0.25, 0.3) is 0 Å². The van der Waals surface area contributed by atoms with Gasteiger partial charge in [0.1, 0.15) is 5.82 Å². The largest absolute Gasteiger partial charge is 0.393 e. The summed E-state index contributed by atoms with van der Waals surface area (Å²) >= 11 is 2.31. The highest BCUT2D eigenvalue weighted by Crippen LogP contribution is 2.36. The fourth-order valence-electron chi connectivity index (χ4n) is 3.81. The molecule has 3 rings (SSSR count). The number of carbonyl (C=O) groups is 2. The van der Waals surface area contributed by atoms with E-state index in [2.05, 4.69) is 65.3 Å². The van der Waals surface area contributed by atoms with Crippen molar-refractivity contribution in [3.8, 4) is 0 Å². The van der Waals surface area contributed by atoms with Crippen LogP contribution in [0.1, 0.15) is 74.6 Å². The lowest BCUT2D eigenvalue weighted by molar-refractivity contribution is -0.158. The van der Waals surface area contributed by atoms with Crippen LogP contribution in [0.5, 0.6) is 0 Å². The van der Waals surface area contributed by atoms with Gasteiger partial charge in [-0.1, -0.05) is 26.0 Å². The smallest absolute Gasteiger partial charge is 0.314 e. The van der Waals surface area contributed by atoms with Crippen molar-refractivity contribution in [2.24, 2.45) is 0 Å². The average molecular weight is 480 g/mol. The minimum Gasteiger partial charge on any atom is -0.393 e. The minimum atomic E-state index is -0.550. The number of carbonyl (C=O) groups excluding carboxylic acids is 2. The number of hydrogen-bond acceptors (Lipinski definition) is 4. The van der Waals surface area contributed by atoms with Crippen molar-refractivity contribution < 1.29 is 14.3 Å². The summed E-state index contributed by atoms with van der Waals surface area (Å²) in [7, 11) is 0. The molecule has 0 spiro atoms. The highest BCUT2D eigenvalue weighted by molar-refractivity contribution is 14.1. The van der Waals surface area contributed by atoms with Gasteiger partial charge in [0.2, 0.25) is 0 Å². The fraction of sp³-hybridized carbons (Fsp3) is 0.476. The maximum atomic E-state index is 12.1. The number of aryl methyl sites for hydroxylation is 1. The number of imidazole rings is 1. The van der Waals surface area contributed by atoms with E-state index in [9.17, 15) is 9.59 Å². The lowest BCUT2D eigenvalue weighted by atomic mass is 9.87. The van der Waals surface area contributed by atoms with E-state index in [0.717, 1.165) is 43.0 Å². The zero-order valence-corrected chi connectivity index (χ0v) is 18.2. The molecule has 6 heteroatoms. The van der Waals surface area contributed by atoms with Gasteiger partial charge in [0.15, 0.2) is 0 Å². The third-order valence-corrected chi connectivity index (χ3v) is 5.63. The van der Waals surface area contributed by atoms with E-state index in [1.807, 2.05) is 0 Å². The monoisotopic (exact) mass is 480 g/mol. The summed E-state index contributed by atoms with van der Waals surface area (Å²) in [5.41, 5.74) is 3.45. The molecule has 1 unspecified atom stereocenters. The molecule has 2 aromatic rings. The van der Waals surface area contributed by atoms with Crippen LogP contribution in [0.2, 0.25) is 0 Å². The van der Waals surface area contributed by atoms with Crippen molar-refractivity contribution in [3.05, 3.63) is 50.6 Å². The standard InChI is InChI=1S/C21H25IN2O3/c1-13(2)21-23-18-6-4-5-16(11-19(26)27-14(3)25)20(18)24(21)12-15-7-9-17(22)10-8-15/h7-10,13,16H,4-6,11-12H2,1-3H3. The number of benzene rings is 1. The molecule has 0 bridgehead atoms. The summed E-state index contributed by atoms with van der Waals surface area (Å²) < 4.78 is 8.28. The second-order valence-corrected chi connectivity index (χ2v) is 8.67. The molecule has 0 saturated carbocycles. The molecule has 144 valence electrons. The number of fused-ring (bicyclic) bond motifs is 1. The second kappa shape index (κ2) is 8.54. The number of rotatable bonds is 5. The molecule has 1 aliphatic rings. The van der Waals surface area contributed by atoms with Crippen LogP contribution in [-0.4, -0.2) is 21.5 Å². The Bertz CT molecular complexity index is 840. The molecule has 5 nitrogen and oxygen atoms in total. The van der Waals surface area contributed by atoms with Gasteiger partial charge in [0, 0.05) is 34.6 Å². The van der Waals surface area contributed by atoms with E-state index in [4.69, 9.17) is 9.72 Å². The van der Waals surface area contributed by atoms with Crippen molar-refractivity contribution in [1.82, 2.24) is 9.55 Å². The third kappa shape index (κ3) is 4.78. The van der Waals surface area contributed by atoms with Crippen molar-refractivity contribution in [2.45, 2.75) is 64.8 Å². The second-order valence-electron chi connectivity index (χ2n) is 7.43. The van der Waals surface area contributed by atoms with E-state index < -0.39 is 11.9 Å². The maximum Gasteiger partial charge on any atom is 0.314 e. The molecule has 0 saturated heterocycles. The van der Waals surface area contributed by atoms with Gasteiger partial charge in [-0.05, 0) is 59.5 Å². The Morgan fingerprint density at radius 3 is 2.63 bits per heavy atom. The van der Waals surface area contributed by atoms with Crippen molar-refractivity contribution >= 4 is 34.5 Å². The molecule has 0 fully saturated rings. The van der Waals surface area contributed by atoms with Crippen LogP contribution in [0.4, 0.5) is 0 Å². The van der Waals surface area contributed by atoms with Gasteiger partial charge in [-0.2, -0.15) is 0 Å². The molecule has 1 heterocycles. The Labute approximate surface area is 173 Å². The molecule has 0 aliphatic heterocycles. The maximum absolute atomic E-state index is 12.1. The highest BCUT2D eigenvalue weighted by atomic mass is 127. The molecule has 27 heavy (non-hydrogen) atoms. The number of halogens is 1. The SMILES string of the molecule is CC(=O)OC(=O)CC1CCCc2nc(C(C)C)n(Cc3ccc(I)cc3)c21. The Morgan fingerprint density at radius 1 is 1.30 bits per heavy atom. The molecule has 0 N–H and O–H groups in total. The zero-order valence-electron chi connectivity index (χ0n) is 16.0. The molecular weight excluding hydrogens is 455 g/mol. The van der Waals surface area contributed by atoms with Crippen LogP contribution in [0.15, 0.2) is 24.3 Å². The van der Waals surface area contributed by atoms with E-state index in [-0.39, 0.29) is 12.3 Å². The molecule has 0 amide bonds. The summed E-state index contributed by atoms with van der Waals surface area (Å²) in [4.78, 5) is 28.1. The topological polar surface area (TPSA) is 61.2 Å². The molecule has 1 aromatic heterocycles. The molecule has 1 atom stereocenters. The molecule has 0 radical (unpaired) electrons. The van der Waals surface area contributed by atoms with Crippen molar-refractivity contribution in [2.75, 3.05) is 0 Å². The Hall–Kier alpha value is -1.70. The van der Waals surface area contributed by atoms with Crippen LogP contribution in [-0.2, 0) is 27.3 Å². The van der Waals surface area contributed by atoms with Gasteiger partial charge in [-0.15, -0.1) is 0 Å². The highest BCUT2D eigenvalue weighted by Gasteiger charge is 2.30. The van der Waals surface area contributed by atoms with Gasteiger partial charge >= 0.3 is 11.9 Å². The number of hydrogen-bond donors (Lipinski definition) is 0. The normalized spacial score (nSPS) is 16.3. The first kappa shape index (κ1) is 20.0. The van der Waals surface area contributed by atoms with E-state index >= 15 is 0 Å². The predicted molar refractivity (Wildman–Crippen MR) is 112 cm³/mol. The minimum absolute atomic E-state index is 0.0458.